The number of hydrogen-bond donors (Lipinski definition) is 3. The number of fused-ring (bicyclic) bond motifs is 5. The summed E-state index contributed by atoms with van der Waals surface area (Å²) in [6.07, 6.45) is 7.74. The lowest BCUT2D eigenvalue weighted by Crippen LogP contribution is -2.69. The average Bonchev–Trinajstić information content (AvgIpc) is 3.13. The minimum Gasteiger partial charge on any atom is -0.393 e. The Morgan fingerprint density at radius 3 is 2.31 bits per heavy atom. The Bertz CT molecular complexity index is 862. The van der Waals surface area contributed by atoms with Gasteiger partial charge in [-0.15, -0.1) is 0 Å². The fraction of sp³-hybridized carbons (Fsp3) is 0.933. The van der Waals surface area contributed by atoms with E-state index in [2.05, 4.69) is 59.7 Å². The maximum absolute atomic E-state index is 12.4. The van der Waals surface area contributed by atoms with Crippen molar-refractivity contribution < 1.29 is 15.3 Å². The highest BCUT2D eigenvalue weighted by Gasteiger charge is 2.73. The fourth-order valence-electron chi connectivity index (χ4n) is 10.6. The number of aliphatic hydroxyl groups excluding tert-OH is 2. The molecule has 5 nitrogen and oxygen atoms in total. The van der Waals surface area contributed by atoms with Gasteiger partial charge in [0.1, 0.15) is 0 Å². The molecule has 0 saturated heterocycles. The Balaban J connectivity index is 1.73. The highest BCUT2D eigenvalue weighted by atomic mass is 16.3. The Morgan fingerprint density at radius 1 is 1.06 bits per heavy atom. The summed E-state index contributed by atoms with van der Waals surface area (Å²) in [4.78, 5) is 12.4. The first kappa shape index (κ1) is 27.3. The van der Waals surface area contributed by atoms with Crippen LogP contribution in [0.15, 0.2) is 16.8 Å². The van der Waals surface area contributed by atoms with Gasteiger partial charge in [0.05, 0.1) is 23.9 Å². The van der Waals surface area contributed by atoms with Gasteiger partial charge in [-0.1, -0.05) is 51.4 Å². The number of hydrogen-bond acceptors (Lipinski definition) is 5. The molecule has 0 spiro atoms. The van der Waals surface area contributed by atoms with Crippen molar-refractivity contribution in [2.75, 3.05) is 0 Å². The molecule has 0 aromatic rings. The van der Waals surface area contributed by atoms with E-state index in [-0.39, 0.29) is 51.4 Å². The molecule has 0 radical (unpaired) electrons. The van der Waals surface area contributed by atoms with Crippen LogP contribution in [0.4, 0.5) is 0 Å². The van der Waals surface area contributed by atoms with E-state index in [0.29, 0.717) is 19.3 Å². The molecular weight excluding hydrogens is 438 g/mol. The molecule has 0 aliphatic heterocycles. The Labute approximate surface area is 213 Å². The van der Waals surface area contributed by atoms with Crippen LogP contribution in [0, 0.1) is 50.2 Å². The number of rotatable bonds is 5. The molecule has 35 heavy (non-hydrogen) atoms. The molecule has 5 heteroatoms. The lowest BCUT2D eigenvalue weighted by Gasteiger charge is -2.71. The Hall–Kier alpha value is -0.780. The molecule has 4 aliphatic carbocycles. The molecular formula is C30H51NO4. The molecule has 0 aromatic carbocycles. The van der Waals surface area contributed by atoms with E-state index in [0.717, 1.165) is 32.1 Å². The molecule has 4 rings (SSSR count). The van der Waals surface area contributed by atoms with Crippen molar-refractivity contribution in [2.24, 2.45) is 50.5 Å². The zero-order valence-electron chi connectivity index (χ0n) is 23.5. The molecule has 0 amide bonds. The first-order chi connectivity index (χ1) is 16.1. The van der Waals surface area contributed by atoms with Gasteiger partial charge in [-0.25, -0.2) is 0 Å². The third-order valence-electron chi connectivity index (χ3n) is 12.4. The number of aliphatic hydroxyl groups is 3. The van der Waals surface area contributed by atoms with Gasteiger partial charge in [-0.2, -0.15) is 4.91 Å². The predicted molar refractivity (Wildman–Crippen MR) is 141 cm³/mol. The molecule has 200 valence electrons. The standard InChI is InChI=1S/C30H51NO4/c1-18(2)10-9-13-30(8,34)19-11-15-28(6)24(19)21(32)16-22-27(5)14-12-23(33)26(3,4)25(27)20(31-35)17-29(22,28)7/h10,19-25,32-34H,9,11-17H2,1-8H3/t19?,20?,21?,22?,23?,24-,25?,27?,28-,29?,30+/m1/s1. The second-order valence-electron chi connectivity index (χ2n) is 14.8. The lowest BCUT2D eigenvalue weighted by atomic mass is 9.34. The number of nitroso groups, excluding NO2 is 1. The quantitative estimate of drug-likeness (QED) is 0.315. The largest absolute Gasteiger partial charge is 0.393 e. The zero-order chi connectivity index (χ0) is 26.2. The smallest absolute Gasteiger partial charge is 0.0964 e. The van der Waals surface area contributed by atoms with Crippen LogP contribution in [-0.4, -0.2) is 39.2 Å². The molecule has 8 unspecified atom stereocenters. The maximum Gasteiger partial charge on any atom is 0.0964 e. The van der Waals surface area contributed by atoms with E-state index < -0.39 is 17.8 Å². The summed E-state index contributed by atoms with van der Waals surface area (Å²) >= 11 is 0. The van der Waals surface area contributed by atoms with Crippen LogP contribution in [0.3, 0.4) is 0 Å². The van der Waals surface area contributed by atoms with E-state index >= 15 is 0 Å². The van der Waals surface area contributed by atoms with Crippen LogP contribution in [0.2, 0.25) is 0 Å². The van der Waals surface area contributed by atoms with Crippen molar-refractivity contribution in [3.05, 3.63) is 16.6 Å². The third kappa shape index (κ3) is 3.81. The van der Waals surface area contributed by atoms with Gasteiger partial charge in [0.2, 0.25) is 0 Å². The van der Waals surface area contributed by atoms with Crippen LogP contribution < -0.4 is 0 Å². The predicted octanol–water partition coefficient (Wildman–Crippen LogP) is 6.25. The fourth-order valence-corrected chi connectivity index (χ4v) is 10.6. The van der Waals surface area contributed by atoms with Crippen molar-refractivity contribution in [1.29, 1.82) is 0 Å². The summed E-state index contributed by atoms with van der Waals surface area (Å²) in [6, 6.07) is -0.337. The van der Waals surface area contributed by atoms with Crippen LogP contribution in [0.5, 0.6) is 0 Å². The molecule has 11 atom stereocenters. The maximum atomic E-state index is 12.4. The van der Waals surface area contributed by atoms with Crippen molar-refractivity contribution in [3.8, 4) is 0 Å². The second kappa shape index (κ2) is 8.63. The highest BCUT2D eigenvalue weighted by Crippen LogP contribution is 2.76. The molecule has 4 aliphatic rings. The van der Waals surface area contributed by atoms with Gasteiger partial charge in [0.15, 0.2) is 0 Å². The van der Waals surface area contributed by atoms with Crippen molar-refractivity contribution >= 4 is 0 Å². The van der Waals surface area contributed by atoms with Crippen LogP contribution in [0.25, 0.3) is 0 Å². The Kier molecular flexibility index (Phi) is 6.72. The van der Waals surface area contributed by atoms with Crippen molar-refractivity contribution in [3.63, 3.8) is 0 Å². The minimum absolute atomic E-state index is 0.00560. The second-order valence-corrected chi connectivity index (χ2v) is 14.8. The molecule has 0 bridgehead atoms. The SMILES string of the molecule is CC(C)=CCC[C@](C)(O)C1CC[C@]2(C)[C@H]1C(O)CC1C3(C)CCC(O)C(C)(C)C3C(N=O)CC12C. The Morgan fingerprint density at radius 2 is 1.71 bits per heavy atom. The van der Waals surface area contributed by atoms with Gasteiger partial charge in [0, 0.05) is 0 Å². The van der Waals surface area contributed by atoms with E-state index in [1.54, 1.807) is 0 Å². The van der Waals surface area contributed by atoms with Crippen LogP contribution >= 0.6 is 0 Å². The average molecular weight is 490 g/mol. The number of nitrogens with zero attached hydrogens (tertiary/aromatic N) is 1. The minimum atomic E-state index is -0.834. The summed E-state index contributed by atoms with van der Waals surface area (Å²) < 4.78 is 0. The van der Waals surface area contributed by atoms with Gasteiger partial charge in [-0.3, -0.25) is 0 Å². The molecule has 4 fully saturated rings. The normalized spacial score (nSPS) is 50.3. The molecule has 4 saturated carbocycles. The van der Waals surface area contributed by atoms with Crippen molar-refractivity contribution in [1.82, 2.24) is 0 Å². The number of allylic oxidation sites excluding steroid dienone is 2. The molecule has 0 aromatic heterocycles. The van der Waals surface area contributed by atoms with Crippen LogP contribution in [-0.2, 0) is 0 Å². The van der Waals surface area contributed by atoms with Gasteiger partial charge in [0.25, 0.3) is 0 Å². The molecule has 0 heterocycles. The van der Waals surface area contributed by atoms with E-state index in [9.17, 15) is 20.2 Å². The summed E-state index contributed by atoms with van der Waals surface area (Å²) in [5, 5.41) is 38.1. The van der Waals surface area contributed by atoms with Crippen molar-refractivity contribution in [2.45, 2.75) is 131 Å². The zero-order valence-corrected chi connectivity index (χ0v) is 23.5. The summed E-state index contributed by atoms with van der Waals surface area (Å²) in [5.74, 6) is 0.324. The monoisotopic (exact) mass is 489 g/mol. The first-order valence-electron chi connectivity index (χ1n) is 14.1. The topological polar surface area (TPSA) is 90.1 Å². The lowest BCUT2D eigenvalue weighted by molar-refractivity contribution is -0.251. The third-order valence-corrected chi connectivity index (χ3v) is 12.4. The van der Waals surface area contributed by atoms with E-state index in [4.69, 9.17) is 0 Å². The van der Waals surface area contributed by atoms with E-state index in [1.165, 1.54) is 5.57 Å². The first-order valence-corrected chi connectivity index (χ1v) is 14.1. The van der Waals surface area contributed by atoms with Crippen LogP contribution in [0.1, 0.15) is 107 Å². The summed E-state index contributed by atoms with van der Waals surface area (Å²) in [6.45, 7) is 17.4. The summed E-state index contributed by atoms with van der Waals surface area (Å²) in [5.41, 5.74) is -0.432. The van der Waals surface area contributed by atoms with Gasteiger partial charge >= 0.3 is 0 Å². The van der Waals surface area contributed by atoms with E-state index in [1.807, 2.05) is 6.92 Å². The van der Waals surface area contributed by atoms with Gasteiger partial charge < -0.3 is 15.3 Å². The van der Waals surface area contributed by atoms with Gasteiger partial charge in [-0.05, 0) is 117 Å². The highest BCUT2D eigenvalue weighted by molar-refractivity contribution is 5.22. The summed E-state index contributed by atoms with van der Waals surface area (Å²) in [7, 11) is 0. The molecule has 3 N–H and O–H groups in total.